The van der Waals surface area contributed by atoms with Gasteiger partial charge in [-0.3, -0.25) is 4.90 Å². The van der Waals surface area contributed by atoms with Crippen LogP contribution in [0.2, 0.25) is 0 Å². The predicted octanol–water partition coefficient (Wildman–Crippen LogP) is 1.07. The van der Waals surface area contributed by atoms with E-state index < -0.39 is 0 Å². The van der Waals surface area contributed by atoms with Crippen LogP contribution in [0.5, 0.6) is 0 Å². The van der Waals surface area contributed by atoms with Crippen LogP contribution in [0, 0.1) is 12.7 Å². The van der Waals surface area contributed by atoms with E-state index in [1.165, 1.54) is 6.07 Å². The minimum Gasteiger partial charge on any atom is -0.394 e. The van der Waals surface area contributed by atoms with Crippen LogP contribution in [-0.4, -0.2) is 42.8 Å². The Kier molecular flexibility index (Phi) is 4.10. The summed E-state index contributed by atoms with van der Waals surface area (Å²) in [6, 6.07) is 4.98. The minimum absolute atomic E-state index is 0.0417. The van der Waals surface area contributed by atoms with Crippen LogP contribution < -0.4 is 5.32 Å². The highest BCUT2D eigenvalue weighted by Gasteiger charge is 2.23. The number of benzene rings is 1. The molecule has 0 bridgehead atoms. The number of nitrogens with one attached hydrogen (secondary N) is 1. The molecule has 0 aromatic heterocycles. The number of aliphatic hydroxyl groups is 1. The average molecular weight is 238 g/mol. The summed E-state index contributed by atoms with van der Waals surface area (Å²) in [7, 11) is 0. The minimum atomic E-state index is -0.224. The molecule has 0 amide bonds. The number of nitrogens with zero attached hydrogens (tertiary/aromatic N) is 1. The number of rotatable bonds is 3. The van der Waals surface area contributed by atoms with E-state index >= 15 is 0 Å². The Hall–Kier alpha value is -0.970. The van der Waals surface area contributed by atoms with Crippen molar-refractivity contribution in [3.05, 3.63) is 35.1 Å². The molecule has 4 heteroatoms. The Bertz CT molecular complexity index is 378. The first kappa shape index (κ1) is 12.5. The molecule has 1 aromatic carbocycles. The van der Waals surface area contributed by atoms with E-state index in [9.17, 15) is 9.50 Å². The van der Waals surface area contributed by atoms with Gasteiger partial charge in [-0.05, 0) is 18.6 Å². The van der Waals surface area contributed by atoms with Gasteiger partial charge >= 0.3 is 0 Å². The molecule has 1 aliphatic heterocycles. The van der Waals surface area contributed by atoms with Gasteiger partial charge in [0.25, 0.3) is 0 Å². The second kappa shape index (κ2) is 5.58. The van der Waals surface area contributed by atoms with E-state index in [0.29, 0.717) is 5.56 Å². The van der Waals surface area contributed by atoms with Crippen LogP contribution in [0.25, 0.3) is 0 Å². The molecule has 1 atom stereocenters. The third-order valence-corrected chi connectivity index (χ3v) is 3.28. The van der Waals surface area contributed by atoms with Crippen molar-refractivity contribution in [2.24, 2.45) is 0 Å². The van der Waals surface area contributed by atoms with Gasteiger partial charge in [0.2, 0.25) is 0 Å². The lowest BCUT2D eigenvalue weighted by molar-refractivity contribution is 0.108. The summed E-state index contributed by atoms with van der Waals surface area (Å²) in [6.07, 6.45) is 0. The second-order valence-electron chi connectivity index (χ2n) is 4.51. The zero-order valence-electron chi connectivity index (χ0n) is 10.1. The molecule has 1 heterocycles. The van der Waals surface area contributed by atoms with E-state index in [1.807, 2.05) is 13.0 Å². The van der Waals surface area contributed by atoms with Crippen molar-refractivity contribution in [1.82, 2.24) is 10.2 Å². The third kappa shape index (κ3) is 2.83. The molecule has 0 unspecified atom stereocenters. The molecule has 0 radical (unpaired) electrons. The SMILES string of the molecule is Cc1ccc([C@@H](CO)N2CCNCC2)c(F)c1. The quantitative estimate of drug-likeness (QED) is 0.827. The molecule has 3 nitrogen and oxygen atoms in total. The third-order valence-electron chi connectivity index (χ3n) is 3.28. The molecule has 0 spiro atoms. The first-order chi connectivity index (χ1) is 8.22. The Morgan fingerprint density at radius 2 is 2.12 bits per heavy atom. The summed E-state index contributed by atoms with van der Waals surface area (Å²) in [6.45, 7) is 5.30. The van der Waals surface area contributed by atoms with Crippen LogP contribution in [0.3, 0.4) is 0 Å². The average Bonchev–Trinajstić information content (AvgIpc) is 2.34. The van der Waals surface area contributed by atoms with E-state index in [-0.39, 0.29) is 18.5 Å². The molecule has 1 saturated heterocycles. The van der Waals surface area contributed by atoms with Gasteiger partial charge in [0.1, 0.15) is 5.82 Å². The predicted molar refractivity (Wildman–Crippen MR) is 65.4 cm³/mol. The summed E-state index contributed by atoms with van der Waals surface area (Å²) in [5, 5.41) is 12.7. The standard InChI is InChI=1S/C13H19FN2O/c1-10-2-3-11(12(14)8-10)13(9-17)16-6-4-15-5-7-16/h2-3,8,13,15,17H,4-7,9H2,1H3/t13-/m1/s1. The van der Waals surface area contributed by atoms with Crippen LogP contribution in [-0.2, 0) is 0 Å². The fraction of sp³-hybridized carbons (Fsp3) is 0.538. The highest BCUT2D eigenvalue weighted by Crippen LogP contribution is 2.24. The number of hydrogen-bond acceptors (Lipinski definition) is 3. The Morgan fingerprint density at radius 3 is 2.71 bits per heavy atom. The summed E-state index contributed by atoms with van der Waals surface area (Å²) in [5.41, 5.74) is 1.50. The molecule has 1 fully saturated rings. The smallest absolute Gasteiger partial charge is 0.128 e. The molecule has 94 valence electrons. The molecular formula is C13H19FN2O. The molecule has 0 saturated carbocycles. The first-order valence-electron chi connectivity index (χ1n) is 6.04. The van der Waals surface area contributed by atoms with Crippen molar-refractivity contribution in [2.75, 3.05) is 32.8 Å². The maximum absolute atomic E-state index is 13.9. The van der Waals surface area contributed by atoms with Crippen molar-refractivity contribution in [2.45, 2.75) is 13.0 Å². The van der Waals surface area contributed by atoms with Gasteiger partial charge in [0.05, 0.1) is 12.6 Å². The summed E-state index contributed by atoms with van der Waals surface area (Å²) < 4.78 is 13.9. The lowest BCUT2D eigenvalue weighted by Gasteiger charge is -2.34. The zero-order chi connectivity index (χ0) is 12.3. The maximum atomic E-state index is 13.9. The highest BCUT2D eigenvalue weighted by atomic mass is 19.1. The summed E-state index contributed by atoms with van der Waals surface area (Å²) in [4.78, 5) is 2.13. The number of piperazine rings is 1. The van der Waals surface area contributed by atoms with Crippen LogP contribution in [0.15, 0.2) is 18.2 Å². The monoisotopic (exact) mass is 238 g/mol. The molecule has 1 aromatic rings. The van der Waals surface area contributed by atoms with Crippen molar-refractivity contribution in [3.63, 3.8) is 0 Å². The Labute approximate surface area is 101 Å². The second-order valence-corrected chi connectivity index (χ2v) is 4.51. The van der Waals surface area contributed by atoms with Gasteiger partial charge in [-0.15, -0.1) is 0 Å². The van der Waals surface area contributed by atoms with E-state index in [1.54, 1.807) is 6.07 Å². The fourth-order valence-electron chi connectivity index (χ4n) is 2.31. The summed E-state index contributed by atoms with van der Waals surface area (Å²) in [5.74, 6) is -0.220. The molecule has 17 heavy (non-hydrogen) atoms. The number of aryl methyl sites for hydroxylation is 1. The number of aliphatic hydroxyl groups excluding tert-OH is 1. The van der Waals surface area contributed by atoms with Crippen molar-refractivity contribution >= 4 is 0 Å². The topological polar surface area (TPSA) is 35.5 Å². The van der Waals surface area contributed by atoms with Gasteiger partial charge in [-0.25, -0.2) is 4.39 Å². The molecule has 0 aliphatic carbocycles. The van der Waals surface area contributed by atoms with Crippen LogP contribution >= 0.6 is 0 Å². The van der Waals surface area contributed by atoms with E-state index in [2.05, 4.69) is 10.2 Å². The molecular weight excluding hydrogens is 219 g/mol. The number of halogens is 1. The van der Waals surface area contributed by atoms with Crippen LogP contribution in [0.4, 0.5) is 4.39 Å². The van der Waals surface area contributed by atoms with E-state index in [0.717, 1.165) is 31.7 Å². The fourth-order valence-corrected chi connectivity index (χ4v) is 2.31. The van der Waals surface area contributed by atoms with Gasteiger partial charge in [0.15, 0.2) is 0 Å². The van der Waals surface area contributed by atoms with Crippen LogP contribution in [0.1, 0.15) is 17.2 Å². The molecule has 2 N–H and O–H groups in total. The van der Waals surface area contributed by atoms with Gasteiger partial charge in [-0.1, -0.05) is 12.1 Å². The van der Waals surface area contributed by atoms with Crippen molar-refractivity contribution < 1.29 is 9.50 Å². The lowest BCUT2D eigenvalue weighted by Crippen LogP contribution is -2.46. The molecule has 2 rings (SSSR count). The highest BCUT2D eigenvalue weighted by molar-refractivity contribution is 5.26. The summed E-state index contributed by atoms with van der Waals surface area (Å²) >= 11 is 0. The lowest BCUT2D eigenvalue weighted by atomic mass is 10.0. The largest absolute Gasteiger partial charge is 0.394 e. The number of hydrogen-bond donors (Lipinski definition) is 2. The zero-order valence-corrected chi connectivity index (χ0v) is 10.1. The normalized spacial score (nSPS) is 19.2. The van der Waals surface area contributed by atoms with Crippen molar-refractivity contribution in [3.8, 4) is 0 Å². The van der Waals surface area contributed by atoms with E-state index in [4.69, 9.17) is 0 Å². The van der Waals surface area contributed by atoms with Gasteiger partial charge in [-0.2, -0.15) is 0 Å². The Balaban J connectivity index is 2.21. The van der Waals surface area contributed by atoms with Gasteiger partial charge in [0, 0.05) is 31.7 Å². The first-order valence-corrected chi connectivity index (χ1v) is 6.04. The Morgan fingerprint density at radius 1 is 1.41 bits per heavy atom. The van der Waals surface area contributed by atoms with Crippen molar-refractivity contribution in [1.29, 1.82) is 0 Å². The maximum Gasteiger partial charge on any atom is 0.128 e. The molecule has 1 aliphatic rings. The van der Waals surface area contributed by atoms with Gasteiger partial charge < -0.3 is 10.4 Å².